The fraction of sp³-hybridized carbons (Fsp3) is 0.167. The third-order valence-electron chi connectivity index (χ3n) is 4.70. The van der Waals surface area contributed by atoms with Crippen LogP contribution in [0.25, 0.3) is 0 Å². The molecule has 0 aliphatic carbocycles. The van der Waals surface area contributed by atoms with E-state index in [1.165, 1.54) is 0 Å². The number of carbonyl (C=O) groups is 2. The molecule has 30 heavy (non-hydrogen) atoms. The number of para-hydroxylation sites is 2. The van der Waals surface area contributed by atoms with Gasteiger partial charge in [-0.25, -0.2) is 0 Å². The summed E-state index contributed by atoms with van der Waals surface area (Å²) in [5, 5.41) is 5.71. The van der Waals surface area contributed by atoms with Gasteiger partial charge >= 0.3 is 0 Å². The molecule has 1 heterocycles. The van der Waals surface area contributed by atoms with E-state index >= 15 is 0 Å². The van der Waals surface area contributed by atoms with Crippen molar-refractivity contribution in [3.05, 3.63) is 77.9 Å². The molecule has 1 aliphatic rings. The van der Waals surface area contributed by atoms with Crippen LogP contribution in [-0.2, 0) is 16.0 Å². The summed E-state index contributed by atoms with van der Waals surface area (Å²) in [5.74, 6) is 1.65. The zero-order valence-corrected chi connectivity index (χ0v) is 16.6. The molecular weight excluding hydrogens is 380 g/mol. The minimum atomic E-state index is -0.178. The molecule has 3 aromatic rings. The van der Waals surface area contributed by atoms with Crippen molar-refractivity contribution in [2.75, 3.05) is 17.2 Å². The van der Waals surface area contributed by atoms with E-state index in [0.29, 0.717) is 35.7 Å². The second kappa shape index (κ2) is 8.69. The van der Waals surface area contributed by atoms with Gasteiger partial charge in [0.15, 0.2) is 12.4 Å². The second-order valence-electron chi connectivity index (χ2n) is 7.13. The average Bonchev–Trinajstić information content (AvgIpc) is 2.73. The van der Waals surface area contributed by atoms with Gasteiger partial charge in [-0.2, -0.15) is 0 Å². The van der Waals surface area contributed by atoms with Gasteiger partial charge in [-0.1, -0.05) is 30.3 Å². The Morgan fingerprint density at radius 2 is 1.97 bits per heavy atom. The number of hydrogen-bond donors (Lipinski definition) is 2. The minimum Gasteiger partial charge on any atom is -0.482 e. The van der Waals surface area contributed by atoms with Crippen molar-refractivity contribution in [2.24, 2.45) is 0 Å². The van der Waals surface area contributed by atoms with Crippen LogP contribution in [0.2, 0.25) is 0 Å². The fourth-order valence-corrected chi connectivity index (χ4v) is 3.22. The van der Waals surface area contributed by atoms with E-state index in [9.17, 15) is 9.59 Å². The number of ether oxygens (including phenoxy) is 2. The Kier molecular flexibility index (Phi) is 5.66. The highest BCUT2D eigenvalue weighted by atomic mass is 16.5. The molecule has 0 radical (unpaired) electrons. The normalized spacial score (nSPS) is 12.4. The van der Waals surface area contributed by atoms with E-state index in [4.69, 9.17) is 9.47 Å². The van der Waals surface area contributed by atoms with Crippen LogP contribution in [0.3, 0.4) is 0 Å². The predicted molar refractivity (Wildman–Crippen MR) is 115 cm³/mol. The van der Waals surface area contributed by atoms with Crippen LogP contribution in [0.1, 0.15) is 17.5 Å². The van der Waals surface area contributed by atoms with E-state index in [0.717, 1.165) is 16.9 Å². The van der Waals surface area contributed by atoms with Gasteiger partial charge in [-0.3, -0.25) is 9.59 Å². The Hall–Kier alpha value is -3.80. The SMILES string of the molecule is Cc1cccc(Oc2ccccc2NC(=O)CCc2ccc3c(c2)NC(=O)CO3)c1. The van der Waals surface area contributed by atoms with Crippen molar-refractivity contribution in [1.29, 1.82) is 0 Å². The van der Waals surface area contributed by atoms with Crippen molar-refractivity contribution in [3.63, 3.8) is 0 Å². The summed E-state index contributed by atoms with van der Waals surface area (Å²) in [7, 11) is 0. The first-order chi connectivity index (χ1) is 14.6. The molecule has 0 unspecified atom stereocenters. The van der Waals surface area contributed by atoms with E-state index in [1.54, 1.807) is 0 Å². The van der Waals surface area contributed by atoms with Crippen molar-refractivity contribution in [3.8, 4) is 17.2 Å². The molecule has 3 aromatic carbocycles. The van der Waals surface area contributed by atoms with Crippen LogP contribution in [0, 0.1) is 6.92 Å². The minimum absolute atomic E-state index is 0.0266. The summed E-state index contributed by atoms with van der Waals surface area (Å²) in [6, 6.07) is 20.7. The van der Waals surface area contributed by atoms with Crippen LogP contribution >= 0.6 is 0 Å². The number of benzene rings is 3. The van der Waals surface area contributed by atoms with E-state index in [-0.39, 0.29) is 18.4 Å². The lowest BCUT2D eigenvalue weighted by Gasteiger charge is -2.18. The van der Waals surface area contributed by atoms with Gasteiger partial charge in [0.05, 0.1) is 11.4 Å². The standard InChI is InChI=1S/C24H22N2O4/c1-16-5-4-6-18(13-16)30-22-8-3-2-7-19(22)25-23(27)12-10-17-9-11-21-20(14-17)26-24(28)15-29-21/h2-9,11,13-14H,10,12,15H2,1H3,(H,25,27)(H,26,28). The molecule has 0 fully saturated rings. The number of carbonyl (C=O) groups excluding carboxylic acids is 2. The fourth-order valence-electron chi connectivity index (χ4n) is 3.22. The molecule has 2 amide bonds. The number of aryl methyl sites for hydroxylation is 2. The quantitative estimate of drug-likeness (QED) is 0.627. The Balaban J connectivity index is 1.39. The molecule has 4 rings (SSSR count). The summed E-state index contributed by atoms with van der Waals surface area (Å²) in [5.41, 5.74) is 3.30. The van der Waals surface area contributed by atoms with Crippen LogP contribution in [0.4, 0.5) is 11.4 Å². The molecule has 0 atom stereocenters. The topological polar surface area (TPSA) is 76.7 Å². The predicted octanol–water partition coefficient (Wildman–Crippen LogP) is 4.69. The van der Waals surface area contributed by atoms with Crippen molar-refractivity contribution in [1.82, 2.24) is 0 Å². The van der Waals surface area contributed by atoms with Crippen LogP contribution < -0.4 is 20.1 Å². The number of rotatable bonds is 6. The van der Waals surface area contributed by atoms with Gasteiger partial charge in [0.2, 0.25) is 5.91 Å². The number of fused-ring (bicyclic) bond motifs is 1. The van der Waals surface area contributed by atoms with Crippen molar-refractivity contribution in [2.45, 2.75) is 19.8 Å². The molecule has 6 heteroatoms. The van der Waals surface area contributed by atoms with Gasteiger partial charge in [0.25, 0.3) is 5.91 Å². The van der Waals surface area contributed by atoms with Gasteiger partial charge in [0.1, 0.15) is 11.5 Å². The molecule has 6 nitrogen and oxygen atoms in total. The monoisotopic (exact) mass is 402 g/mol. The number of amides is 2. The molecule has 0 spiro atoms. The summed E-state index contributed by atoms with van der Waals surface area (Å²) < 4.78 is 11.3. The second-order valence-corrected chi connectivity index (χ2v) is 7.13. The van der Waals surface area contributed by atoms with Crippen molar-refractivity contribution < 1.29 is 19.1 Å². The number of hydrogen-bond acceptors (Lipinski definition) is 4. The van der Waals surface area contributed by atoms with Gasteiger partial charge in [-0.05, 0) is 60.9 Å². The first-order valence-corrected chi connectivity index (χ1v) is 9.76. The molecule has 152 valence electrons. The molecule has 0 bridgehead atoms. The molecule has 0 saturated carbocycles. The largest absolute Gasteiger partial charge is 0.482 e. The molecule has 2 N–H and O–H groups in total. The highest BCUT2D eigenvalue weighted by Crippen LogP contribution is 2.31. The van der Waals surface area contributed by atoms with Gasteiger partial charge in [-0.15, -0.1) is 0 Å². The van der Waals surface area contributed by atoms with Crippen molar-refractivity contribution >= 4 is 23.2 Å². The summed E-state index contributed by atoms with van der Waals surface area (Å²) in [6.07, 6.45) is 0.836. The van der Waals surface area contributed by atoms with Gasteiger partial charge in [0, 0.05) is 6.42 Å². The first kappa shape index (κ1) is 19.5. The maximum Gasteiger partial charge on any atom is 0.262 e. The van der Waals surface area contributed by atoms with Crippen LogP contribution in [-0.4, -0.2) is 18.4 Å². The highest BCUT2D eigenvalue weighted by molar-refractivity contribution is 5.95. The highest BCUT2D eigenvalue weighted by Gasteiger charge is 2.16. The zero-order valence-electron chi connectivity index (χ0n) is 16.6. The average molecular weight is 402 g/mol. The molecule has 0 aromatic heterocycles. The maximum atomic E-state index is 12.5. The Morgan fingerprint density at radius 1 is 1.10 bits per heavy atom. The lowest BCUT2D eigenvalue weighted by molar-refractivity contribution is -0.118. The third-order valence-corrected chi connectivity index (χ3v) is 4.70. The van der Waals surface area contributed by atoms with E-state index in [2.05, 4.69) is 10.6 Å². The maximum absolute atomic E-state index is 12.5. The zero-order chi connectivity index (χ0) is 20.9. The first-order valence-electron chi connectivity index (χ1n) is 9.76. The number of anilines is 2. The van der Waals surface area contributed by atoms with E-state index < -0.39 is 0 Å². The van der Waals surface area contributed by atoms with E-state index in [1.807, 2.05) is 73.7 Å². The summed E-state index contributed by atoms with van der Waals surface area (Å²) in [4.78, 5) is 24.0. The third kappa shape index (κ3) is 4.78. The Morgan fingerprint density at radius 3 is 2.83 bits per heavy atom. The summed E-state index contributed by atoms with van der Waals surface area (Å²) >= 11 is 0. The van der Waals surface area contributed by atoms with Crippen LogP contribution in [0.15, 0.2) is 66.7 Å². The Labute approximate surface area is 174 Å². The smallest absolute Gasteiger partial charge is 0.262 e. The summed E-state index contributed by atoms with van der Waals surface area (Å²) in [6.45, 7) is 2.03. The lowest BCUT2D eigenvalue weighted by Crippen LogP contribution is -2.25. The molecular formula is C24H22N2O4. The number of nitrogens with one attached hydrogen (secondary N) is 2. The van der Waals surface area contributed by atoms with Crippen LogP contribution in [0.5, 0.6) is 17.2 Å². The Bertz CT molecular complexity index is 1090. The molecule has 0 saturated heterocycles. The molecule has 1 aliphatic heterocycles. The lowest BCUT2D eigenvalue weighted by atomic mass is 10.1. The van der Waals surface area contributed by atoms with Gasteiger partial charge < -0.3 is 20.1 Å².